The number of carbonyl (C=O) groups is 1. The highest BCUT2D eigenvalue weighted by Gasteiger charge is 2.31. The molecule has 0 atom stereocenters. The zero-order valence-corrected chi connectivity index (χ0v) is 10.1. The first-order valence-electron chi connectivity index (χ1n) is 5.26. The van der Waals surface area contributed by atoms with Gasteiger partial charge < -0.3 is 11.5 Å². The van der Waals surface area contributed by atoms with Crippen LogP contribution in [0, 0.1) is 6.92 Å². The van der Waals surface area contributed by atoms with E-state index in [1.54, 1.807) is 18.4 Å². The number of primary amides is 1. The van der Waals surface area contributed by atoms with Crippen molar-refractivity contribution in [1.82, 2.24) is 14.5 Å². The Morgan fingerprint density at radius 1 is 1.35 bits per heavy atom. The van der Waals surface area contributed by atoms with Crippen LogP contribution in [0.15, 0.2) is 12.1 Å². The van der Waals surface area contributed by atoms with E-state index < -0.39 is 11.4 Å². The normalized spacial score (nSPS) is 11.9. The van der Waals surface area contributed by atoms with Crippen molar-refractivity contribution in [2.75, 3.05) is 5.73 Å². The number of carbonyl (C=O) groups excluding carboxylic acids is 1. The lowest BCUT2D eigenvalue weighted by atomic mass is 10.0. The second kappa shape index (κ2) is 3.44. The van der Waals surface area contributed by atoms with Gasteiger partial charge in [-0.15, -0.1) is 0 Å². The topological polar surface area (TPSA) is 99.8 Å². The van der Waals surface area contributed by atoms with Gasteiger partial charge in [-0.1, -0.05) is 0 Å². The minimum Gasteiger partial charge on any atom is -0.369 e. The summed E-state index contributed by atoms with van der Waals surface area (Å²) in [5.41, 5.74) is 12.3. The third kappa shape index (κ3) is 1.61. The molecule has 0 radical (unpaired) electrons. The molecule has 90 valence electrons. The molecule has 0 spiro atoms. The fourth-order valence-electron chi connectivity index (χ4n) is 1.73. The third-order valence-corrected chi connectivity index (χ3v) is 2.83. The minimum atomic E-state index is -0.959. The zero-order valence-electron chi connectivity index (χ0n) is 10.1. The molecule has 6 heteroatoms. The zero-order chi connectivity index (χ0) is 12.8. The molecule has 0 aromatic carbocycles. The Balaban J connectivity index is 2.80. The molecule has 2 heterocycles. The molecule has 17 heavy (non-hydrogen) atoms. The number of fused-ring (bicyclic) bond motifs is 1. The average Bonchev–Trinajstić information content (AvgIpc) is 2.53. The van der Waals surface area contributed by atoms with Crippen LogP contribution in [-0.4, -0.2) is 20.4 Å². The number of nitrogens with two attached hydrogens (primary N) is 2. The smallest absolute Gasteiger partial charge is 0.243 e. The largest absolute Gasteiger partial charge is 0.369 e. The highest BCUT2D eigenvalue weighted by atomic mass is 16.1. The number of pyridine rings is 1. The van der Waals surface area contributed by atoms with E-state index in [0.717, 1.165) is 5.69 Å². The summed E-state index contributed by atoms with van der Waals surface area (Å²) < 4.78 is 1.57. The molecule has 0 saturated heterocycles. The monoisotopic (exact) mass is 233 g/mol. The molecular weight excluding hydrogens is 218 g/mol. The predicted octanol–water partition coefficient (Wildman–Crippen LogP) is 0.542. The van der Waals surface area contributed by atoms with Gasteiger partial charge in [-0.05, 0) is 32.9 Å². The minimum absolute atomic E-state index is 0.238. The second-order valence-corrected chi connectivity index (χ2v) is 4.52. The summed E-state index contributed by atoms with van der Waals surface area (Å²) in [6, 6.07) is 3.66. The number of hydrogen-bond donors (Lipinski definition) is 2. The van der Waals surface area contributed by atoms with Gasteiger partial charge in [0.2, 0.25) is 11.9 Å². The summed E-state index contributed by atoms with van der Waals surface area (Å²) in [7, 11) is 0. The fourth-order valence-corrected chi connectivity index (χ4v) is 1.73. The van der Waals surface area contributed by atoms with E-state index in [9.17, 15) is 4.79 Å². The number of anilines is 1. The Morgan fingerprint density at radius 2 is 2.00 bits per heavy atom. The van der Waals surface area contributed by atoms with E-state index in [1.165, 1.54) is 0 Å². The third-order valence-electron chi connectivity index (χ3n) is 2.83. The number of amides is 1. The maximum absolute atomic E-state index is 11.5. The van der Waals surface area contributed by atoms with Crippen molar-refractivity contribution in [2.24, 2.45) is 5.73 Å². The van der Waals surface area contributed by atoms with Gasteiger partial charge in [0.05, 0.1) is 0 Å². The van der Waals surface area contributed by atoms with Crippen molar-refractivity contribution in [2.45, 2.75) is 26.3 Å². The van der Waals surface area contributed by atoms with Gasteiger partial charge >= 0.3 is 0 Å². The van der Waals surface area contributed by atoms with Gasteiger partial charge in [0.25, 0.3) is 0 Å². The van der Waals surface area contributed by atoms with E-state index >= 15 is 0 Å². The lowest BCUT2D eigenvalue weighted by molar-refractivity contribution is -0.124. The Labute approximate surface area is 98.6 Å². The Bertz CT molecular complexity index is 599. The van der Waals surface area contributed by atoms with Gasteiger partial charge in [0.1, 0.15) is 11.1 Å². The number of rotatable bonds is 2. The molecule has 0 aliphatic carbocycles. The fraction of sp³-hybridized carbons (Fsp3) is 0.364. The molecule has 2 aromatic heterocycles. The Morgan fingerprint density at radius 3 is 2.59 bits per heavy atom. The summed E-state index contributed by atoms with van der Waals surface area (Å²) in [5.74, 6) is -0.242. The molecule has 0 unspecified atom stereocenters. The summed E-state index contributed by atoms with van der Waals surface area (Å²) in [6.45, 7) is 5.25. The highest BCUT2D eigenvalue weighted by Crippen LogP contribution is 2.25. The van der Waals surface area contributed by atoms with Crippen molar-refractivity contribution in [3.05, 3.63) is 17.8 Å². The van der Waals surface area contributed by atoms with Crippen molar-refractivity contribution in [1.29, 1.82) is 0 Å². The van der Waals surface area contributed by atoms with E-state index in [-0.39, 0.29) is 5.95 Å². The number of nitrogen functional groups attached to an aromatic ring is 1. The Hall–Kier alpha value is -2.11. The molecule has 2 aromatic rings. The predicted molar refractivity (Wildman–Crippen MR) is 65.2 cm³/mol. The number of aromatic nitrogens is 3. The van der Waals surface area contributed by atoms with Crippen molar-refractivity contribution >= 4 is 23.0 Å². The quantitative estimate of drug-likeness (QED) is 0.790. The molecule has 0 fully saturated rings. The van der Waals surface area contributed by atoms with Gasteiger partial charge in [0, 0.05) is 5.69 Å². The van der Waals surface area contributed by atoms with E-state index in [0.29, 0.717) is 11.2 Å². The maximum atomic E-state index is 11.5. The molecular formula is C11H15N5O. The van der Waals surface area contributed by atoms with Crippen LogP contribution in [0.1, 0.15) is 19.5 Å². The number of hydrogen-bond acceptors (Lipinski definition) is 4. The van der Waals surface area contributed by atoms with Crippen LogP contribution in [-0.2, 0) is 10.3 Å². The first-order chi connectivity index (χ1) is 7.84. The van der Waals surface area contributed by atoms with Crippen LogP contribution in [0.3, 0.4) is 0 Å². The van der Waals surface area contributed by atoms with E-state index in [1.807, 2.05) is 19.1 Å². The van der Waals surface area contributed by atoms with E-state index in [2.05, 4.69) is 9.97 Å². The molecule has 0 saturated carbocycles. The number of imidazole rings is 1. The average molecular weight is 233 g/mol. The van der Waals surface area contributed by atoms with Crippen molar-refractivity contribution < 1.29 is 4.79 Å². The highest BCUT2D eigenvalue weighted by molar-refractivity contribution is 5.85. The maximum Gasteiger partial charge on any atom is 0.243 e. The summed E-state index contributed by atoms with van der Waals surface area (Å²) in [5, 5.41) is 0. The first-order valence-corrected chi connectivity index (χ1v) is 5.26. The van der Waals surface area contributed by atoms with Gasteiger partial charge in [0.15, 0.2) is 5.65 Å². The molecule has 6 nitrogen and oxygen atoms in total. The SMILES string of the molecule is Cc1ccc2nc(N)n(C(C)(C)C(N)=O)c2n1. The summed E-state index contributed by atoms with van der Waals surface area (Å²) in [4.78, 5) is 20.0. The number of aryl methyl sites for hydroxylation is 1. The first kappa shape index (κ1) is 11.4. The summed E-state index contributed by atoms with van der Waals surface area (Å²) in [6.07, 6.45) is 0. The molecule has 1 amide bonds. The van der Waals surface area contributed by atoms with Crippen LogP contribution in [0.25, 0.3) is 11.2 Å². The molecule has 0 aliphatic rings. The molecule has 4 N–H and O–H groups in total. The van der Waals surface area contributed by atoms with Crippen molar-refractivity contribution in [3.63, 3.8) is 0 Å². The number of nitrogens with zero attached hydrogens (tertiary/aromatic N) is 3. The van der Waals surface area contributed by atoms with Crippen LogP contribution < -0.4 is 11.5 Å². The second-order valence-electron chi connectivity index (χ2n) is 4.52. The lowest BCUT2D eigenvalue weighted by Crippen LogP contribution is -2.41. The molecule has 2 rings (SSSR count). The molecule has 0 bridgehead atoms. The lowest BCUT2D eigenvalue weighted by Gasteiger charge is -2.23. The standard InChI is InChI=1S/C11H15N5O/c1-6-4-5-7-8(14-6)16(10(13)15-7)11(2,3)9(12)17/h4-5H,1-3H3,(H2,12,17)(H2,13,15). The van der Waals surface area contributed by atoms with Crippen LogP contribution in [0.5, 0.6) is 0 Å². The summed E-state index contributed by atoms with van der Waals surface area (Å²) >= 11 is 0. The van der Waals surface area contributed by atoms with E-state index in [4.69, 9.17) is 11.5 Å². The molecule has 0 aliphatic heterocycles. The van der Waals surface area contributed by atoms with Gasteiger partial charge in [-0.3, -0.25) is 9.36 Å². The van der Waals surface area contributed by atoms with Gasteiger partial charge in [-0.2, -0.15) is 0 Å². The van der Waals surface area contributed by atoms with Crippen LogP contribution in [0.4, 0.5) is 5.95 Å². The van der Waals surface area contributed by atoms with Crippen LogP contribution >= 0.6 is 0 Å². The Kier molecular flexibility index (Phi) is 2.30. The van der Waals surface area contributed by atoms with Crippen molar-refractivity contribution in [3.8, 4) is 0 Å². The van der Waals surface area contributed by atoms with Crippen LogP contribution in [0.2, 0.25) is 0 Å². The van der Waals surface area contributed by atoms with Gasteiger partial charge in [-0.25, -0.2) is 9.97 Å².